The lowest BCUT2D eigenvalue weighted by atomic mass is 9.69. The van der Waals surface area contributed by atoms with E-state index in [-0.39, 0.29) is 25.0 Å². The number of carbonyl (C=O) groups excluding carboxylic acids is 1. The average molecular weight is 305 g/mol. The van der Waals surface area contributed by atoms with Crippen LogP contribution in [0, 0.1) is 5.41 Å². The van der Waals surface area contributed by atoms with E-state index in [0.29, 0.717) is 12.8 Å². The molecule has 0 aliphatic heterocycles. The number of aliphatic carboxylic acids is 1. The molecule has 0 bridgehead atoms. The fraction of sp³-hybridized carbons (Fsp3) is 0.529. The lowest BCUT2D eigenvalue weighted by Crippen LogP contribution is -2.47. The molecule has 22 heavy (non-hydrogen) atoms. The topological polar surface area (TPSA) is 75.6 Å². The molecule has 1 aromatic rings. The molecule has 2 N–H and O–H groups in total. The van der Waals surface area contributed by atoms with Crippen LogP contribution in [0.5, 0.6) is 5.75 Å². The number of nitrogens with one attached hydrogen (secondary N) is 1. The van der Waals surface area contributed by atoms with E-state index in [4.69, 9.17) is 4.74 Å². The summed E-state index contributed by atoms with van der Waals surface area (Å²) in [6.07, 6.45) is 2.50. The van der Waals surface area contributed by atoms with Gasteiger partial charge in [0.05, 0.1) is 17.9 Å². The fourth-order valence-corrected chi connectivity index (χ4v) is 2.59. The Bertz CT molecular complexity index is 549. The summed E-state index contributed by atoms with van der Waals surface area (Å²) in [5.74, 6) is -0.234. The van der Waals surface area contributed by atoms with Crippen molar-refractivity contribution in [2.45, 2.75) is 45.6 Å². The summed E-state index contributed by atoms with van der Waals surface area (Å²) < 4.78 is 5.60. The fourth-order valence-electron chi connectivity index (χ4n) is 2.59. The smallest absolute Gasteiger partial charge is 0.311 e. The second-order valence-electron chi connectivity index (χ2n) is 6.21. The summed E-state index contributed by atoms with van der Waals surface area (Å²) in [5, 5.41) is 12.0. The second-order valence-corrected chi connectivity index (χ2v) is 6.21. The third-order valence-corrected chi connectivity index (χ3v) is 4.02. The summed E-state index contributed by atoms with van der Waals surface area (Å²) in [6.45, 7) is 4.11. The monoisotopic (exact) mass is 305 g/mol. The molecule has 5 heteroatoms. The zero-order valence-electron chi connectivity index (χ0n) is 13.1. The molecule has 1 amide bonds. The van der Waals surface area contributed by atoms with Crippen LogP contribution in [0.4, 0.5) is 0 Å². The van der Waals surface area contributed by atoms with Crippen LogP contribution in [0.2, 0.25) is 0 Å². The molecule has 1 aromatic carbocycles. The van der Waals surface area contributed by atoms with Gasteiger partial charge in [-0.25, -0.2) is 0 Å². The Morgan fingerprint density at radius 2 is 2.09 bits per heavy atom. The van der Waals surface area contributed by atoms with Crippen molar-refractivity contribution in [3.8, 4) is 5.75 Å². The van der Waals surface area contributed by atoms with Gasteiger partial charge < -0.3 is 15.2 Å². The molecule has 120 valence electrons. The van der Waals surface area contributed by atoms with Gasteiger partial charge in [-0.3, -0.25) is 9.59 Å². The van der Waals surface area contributed by atoms with Crippen LogP contribution in [-0.4, -0.2) is 29.6 Å². The molecule has 5 nitrogen and oxygen atoms in total. The van der Waals surface area contributed by atoms with E-state index >= 15 is 0 Å². The summed E-state index contributed by atoms with van der Waals surface area (Å²) in [6, 6.07) is 7.42. The molecule has 0 heterocycles. The van der Waals surface area contributed by atoms with Crippen molar-refractivity contribution in [2.24, 2.45) is 5.41 Å². The summed E-state index contributed by atoms with van der Waals surface area (Å²) in [5.41, 5.74) is 0.103. The molecule has 0 aromatic heterocycles. The van der Waals surface area contributed by atoms with Gasteiger partial charge in [-0.05, 0) is 44.4 Å². The summed E-state index contributed by atoms with van der Waals surface area (Å²) in [4.78, 5) is 23.3. The highest BCUT2D eigenvalue weighted by Crippen LogP contribution is 2.40. The van der Waals surface area contributed by atoms with Gasteiger partial charge in [-0.2, -0.15) is 0 Å². The average Bonchev–Trinajstić information content (AvgIpc) is 2.36. The maximum absolute atomic E-state index is 12.0. The lowest BCUT2D eigenvalue weighted by molar-refractivity contribution is -0.154. The molecule has 0 unspecified atom stereocenters. The van der Waals surface area contributed by atoms with Crippen LogP contribution in [0.1, 0.15) is 38.7 Å². The zero-order chi connectivity index (χ0) is 16.2. The number of carboxylic acid groups (broad SMARTS) is 1. The lowest BCUT2D eigenvalue weighted by Gasteiger charge is -2.37. The Labute approximate surface area is 130 Å². The van der Waals surface area contributed by atoms with E-state index in [1.54, 1.807) is 0 Å². The number of hydrogen-bond donors (Lipinski definition) is 2. The van der Waals surface area contributed by atoms with Crippen molar-refractivity contribution >= 4 is 11.9 Å². The molecule has 0 spiro atoms. The van der Waals surface area contributed by atoms with E-state index in [1.807, 2.05) is 38.1 Å². The number of hydrogen-bond acceptors (Lipinski definition) is 3. The Balaban J connectivity index is 1.88. The minimum absolute atomic E-state index is 0.0816. The van der Waals surface area contributed by atoms with Crippen molar-refractivity contribution in [3.05, 3.63) is 29.8 Å². The van der Waals surface area contributed by atoms with Crippen LogP contribution in [-0.2, 0) is 16.0 Å². The third kappa shape index (κ3) is 4.00. The van der Waals surface area contributed by atoms with Crippen LogP contribution in [0.15, 0.2) is 24.3 Å². The predicted octanol–water partition coefficient (Wildman–Crippen LogP) is 2.39. The van der Waals surface area contributed by atoms with Crippen LogP contribution in [0.3, 0.4) is 0 Å². The molecule has 0 radical (unpaired) electrons. The van der Waals surface area contributed by atoms with Gasteiger partial charge in [0.2, 0.25) is 5.91 Å². The highest BCUT2D eigenvalue weighted by Gasteiger charge is 2.44. The molecular formula is C17H23NO4. The molecule has 2 rings (SSSR count). The Morgan fingerprint density at radius 3 is 2.64 bits per heavy atom. The second kappa shape index (κ2) is 6.81. The maximum Gasteiger partial charge on any atom is 0.311 e. The van der Waals surface area contributed by atoms with Crippen molar-refractivity contribution in [3.63, 3.8) is 0 Å². The van der Waals surface area contributed by atoms with Gasteiger partial charge in [0.1, 0.15) is 5.75 Å². The largest absolute Gasteiger partial charge is 0.491 e. The van der Waals surface area contributed by atoms with Crippen LogP contribution in [0.25, 0.3) is 0 Å². The standard InChI is InChI=1S/C17H23NO4/c1-12(2)22-14-6-3-5-13(9-14)10-15(19)18-11-17(16(20)21)7-4-8-17/h3,5-6,9,12H,4,7-8,10-11H2,1-2H3,(H,18,19)(H,20,21). The van der Waals surface area contributed by atoms with E-state index < -0.39 is 11.4 Å². The number of carbonyl (C=O) groups is 2. The Hall–Kier alpha value is -2.04. The summed E-state index contributed by atoms with van der Waals surface area (Å²) in [7, 11) is 0. The highest BCUT2D eigenvalue weighted by atomic mass is 16.5. The first-order valence-electron chi connectivity index (χ1n) is 7.67. The predicted molar refractivity (Wildman–Crippen MR) is 82.8 cm³/mol. The molecule has 1 aliphatic rings. The SMILES string of the molecule is CC(C)Oc1cccc(CC(=O)NCC2(C(=O)O)CCC2)c1. The van der Waals surface area contributed by atoms with Crippen LogP contribution >= 0.6 is 0 Å². The first kappa shape index (κ1) is 16.3. The van der Waals surface area contributed by atoms with Gasteiger partial charge in [0.25, 0.3) is 0 Å². The normalized spacial score (nSPS) is 16.0. The van der Waals surface area contributed by atoms with Gasteiger partial charge in [0.15, 0.2) is 0 Å². The third-order valence-electron chi connectivity index (χ3n) is 4.02. The van der Waals surface area contributed by atoms with Gasteiger partial charge in [-0.15, -0.1) is 0 Å². The molecule has 1 saturated carbocycles. The van der Waals surface area contributed by atoms with Gasteiger partial charge in [-0.1, -0.05) is 18.6 Å². The number of rotatable bonds is 7. The first-order valence-corrected chi connectivity index (χ1v) is 7.67. The van der Waals surface area contributed by atoms with Gasteiger partial charge in [0, 0.05) is 6.54 Å². The first-order chi connectivity index (χ1) is 10.4. The van der Waals surface area contributed by atoms with E-state index in [0.717, 1.165) is 17.7 Å². The Morgan fingerprint density at radius 1 is 1.36 bits per heavy atom. The number of carboxylic acids is 1. The van der Waals surface area contributed by atoms with E-state index in [2.05, 4.69) is 5.32 Å². The molecular weight excluding hydrogens is 282 g/mol. The van der Waals surface area contributed by atoms with E-state index in [9.17, 15) is 14.7 Å². The van der Waals surface area contributed by atoms with E-state index in [1.165, 1.54) is 0 Å². The quantitative estimate of drug-likeness (QED) is 0.811. The van der Waals surface area contributed by atoms with Crippen molar-refractivity contribution in [1.29, 1.82) is 0 Å². The maximum atomic E-state index is 12.0. The summed E-state index contributed by atoms with van der Waals surface area (Å²) >= 11 is 0. The highest BCUT2D eigenvalue weighted by molar-refractivity contribution is 5.81. The van der Waals surface area contributed by atoms with Crippen LogP contribution < -0.4 is 10.1 Å². The van der Waals surface area contributed by atoms with Crippen molar-refractivity contribution in [1.82, 2.24) is 5.32 Å². The van der Waals surface area contributed by atoms with Crippen molar-refractivity contribution in [2.75, 3.05) is 6.54 Å². The number of benzene rings is 1. The Kier molecular flexibility index (Phi) is 5.06. The number of ether oxygens (including phenoxy) is 1. The molecule has 0 atom stereocenters. The minimum Gasteiger partial charge on any atom is -0.491 e. The molecule has 0 saturated heterocycles. The molecule has 1 aliphatic carbocycles. The minimum atomic E-state index is -0.814. The molecule has 1 fully saturated rings. The zero-order valence-corrected chi connectivity index (χ0v) is 13.1. The van der Waals surface area contributed by atoms with Crippen molar-refractivity contribution < 1.29 is 19.4 Å². The van der Waals surface area contributed by atoms with Gasteiger partial charge >= 0.3 is 5.97 Å². The number of amides is 1.